The Morgan fingerprint density at radius 3 is 2.32 bits per heavy atom. The average Bonchev–Trinajstić information content (AvgIpc) is 2.89. The molecule has 0 spiro atoms. The van der Waals surface area contributed by atoms with Crippen molar-refractivity contribution in [2.75, 3.05) is 13.2 Å². The minimum Gasteiger partial charge on any atom is -0.459 e. The number of hydrogen-bond donors (Lipinski definition) is 0. The number of hydrogen-bond acceptors (Lipinski definition) is 7. The SMILES string of the molecule is C[C@@H]1CCO[C@@H]1COC(=O)c1cc([N+](=O)[O-])cc([N+](=O)[O-])c1. The molecule has 0 N–H and O–H groups in total. The Balaban J connectivity index is 2.14. The number of rotatable bonds is 5. The lowest BCUT2D eigenvalue weighted by Crippen LogP contribution is -2.22. The van der Waals surface area contributed by atoms with Crippen LogP contribution in [-0.2, 0) is 9.47 Å². The summed E-state index contributed by atoms with van der Waals surface area (Å²) < 4.78 is 10.4. The molecule has 22 heavy (non-hydrogen) atoms. The van der Waals surface area contributed by atoms with Crippen molar-refractivity contribution < 1.29 is 24.1 Å². The number of carbonyl (C=O) groups is 1. The lowest BCUT2D eigenvalue weighted by atomic mass is 10.1. The molecule has 0 unspecified atom stereocenters. The predicted molar refractivity (Wildman–Crippen MR) is 73.6 cm³/mol. The highest BCUT2D eigenvalue weighted by Crippen LogP contribution is 2.24. The molecule has 9 heteroatoms. The zero-order valence-electron chi connectivity index (χ0n) is 11.8. The quantitative estimate of drug-likeness (QED) is 0.463. The molecule has 118 valence electrons. The van der Waals surface area contributed by atoms with E-state index in [9.17, 15) is 25.0 Å². The maximum Gasteiger partial charge on any atom is 0.338 e. The third kappa shape index (κ3) is 3.55. The van der Waals surface area contributed by atoms with Gasteiger partial charge >= 0.3 is 5.97 Å². The number of carbonyl (C=O) groups excluding carboxylic acids is 1. The summed E-state index contributed by atoms with van der Waals surface area (Å²) in [6.45, 7) is 2.56. The van der Waals surface area contributed by atoms with Crippen molar-refractivity contribution in [1.82, 2.24) is 0 Å². The van der Waals surface area contributed by atoms with Gasteiger partial charge in [-0.25, -0.2) is 4.79 Å². The van der Waals surface area contributed by atoms with Crippen molar-refractivity contribution in [1.29, 1.82) is 0 Å². The highest BCUT2D eigenvalue weighted by Gasteiger charge is 2.27. The number of non-ortho nitro benzene ring substituents is 2. The van der Waals surface area contributed by atoms with E-state index < -0.39 is 27.2 Å². The maximum absolute atomic E-state index is 11.9. The van der Waals surface area contributed by atoms with Gasteiger partial charge in [-0.1, -0.05) is 6.92 Å². The van der Waals surface area contributed by atoms with Crippen LogP contribution in [0.2, 0.25) is 0 Å². The molecule has 1 saturated heterocycles. The Kier molecular flexibility index (Phi) is 4.66. The van der Waals surface area contributed by atoms with Crippen LogP contribution in [0.3, 0.4) is 0 Å². The fourth-order valence-electron chi connectivity index (χ4n) is 2.13. The Hall–Kier alpha value is -2.55. The van der Waals surface area contributed by atoms with Crippen LogP contribution in [0.5, 0.6) is 0 Å². The summed E-state index contributed by atoms with van der Waals surface area (Å²) in [5.41, 5.74) is -1.30. The van der Waals surface area contributed by atoms with Crippen LogP contribution in [0.1, 0.15) is 23.7 Å². The van der Waals surface area contributed by atoms with E-state index in [1.54, 1.807) is 0 Å². The highest BCUT2D eigenvalue weighted by atomic mass is 16.6. The number of nitro benzene ring substituents is 2. The first kappa shape index (κ1) is 15.8. The van der Waals surface area contributed by atoms with Crippen LogP contribution in [0.4, 0.5) is 11.4 Å². The third-order valence-corrected chi connectivity index (χ3v) is 3.48. The van der Waals surface area contributed by atoms with E-state index in [0.29, 0.717) is 6.61 Å². The Morgan fingerprint density at radius 2 is 1.86 bits per heavy atom. The van der Waals surface area contributed by atoms with Gasteiger partial charge in [-0.15, -0.1) is 0 Å². The molecule has 0 aliphatic carbocycles. The van der Waals surface area contributed by atoms with E-state index in [1.165, 1.54) is 0 Å². The van der Waals surface area contributed by atoms with E-state index >= 15 is 0 Å². The van der Waals surface area contributed by atoms with E-state index in [-0.39, 0.29) is 24.2 Å². The normalized spacial score (nSPS) is 20.6. The molecule has 1 fully saturated rings. The molecule has 0 radical (unpaired) electrons. The van der Waals surface area contributed by atoms with Crippen LogP contribution in [0.15, 0.2) is 18.2 Å². The second-order valence-corrected chi connectivity index (χ2v) is 5.03. The van der Waals surface area contributed by atoms with Crippen molar-refractivity contribution in [3.63, 3.8) is 0 Å². The van der Waals surface area contributed by atoms with E-state index in [1.807, 2.05) is 6.92 Å². The molecule has 1 aromatic carbocycles. The van der Waals surface area contributed by atoms with Crippen molar-refractivity contribution in [2.24, 2.45) is 5.92 Å². The third-order valence-electron chi connectivity index (χ3n) is 3.48. The minimum absolute atomic E-state index is 0.0104. The van der Waals surface area contributed by atoms with Gasteiger partial charge in [0.15, 0.2) is 0 Å². The van der Waals surface area contributed by atoms with Gasteiger partial charge in [0, 0.05) is 18.7 Å². The van der Waals surface area contributed by atoms with Crippen LogP contribution in [0, 0.1) is 26.1 Å². The zero-order valence-corrected chi connectivity index (χ0v) is 11.8. The van der Waals surface area contributed by atoms with Gasteiger partial charge in [0.1, 0.15) is 6.61 Å². The summed E-state index contributed by atoms with van der Waals surface area (Å²) in [6.07, 6.45) is 0.641. The van der Waals surface area contributed by atoms with Gasteiger partial charge in [-0.3, -0.25) is 20.2 Å². The van der Waals surface area contributed by atoms with Gasteiger partial charge < -0.3 is 9.47 Å². The van der Waals surface area contributed by atoms with Crippen molar-refractivity contribution in [3.8, 4) is 0 Å². The second-order valence-electron chi connectivity index (χ2n) is 5.03. The van der Waals surface area contributed by atoms with Gasteiger partial charge in [0.05, 0.1) is 27.6 Å². The van der Waals surface area contributed by atoms with Gasteiger partial charge in [0.2, 0.25) is 0 Å². The van der Waals surface area contributed by atoms with Gasteiger partial charge in [0.25, 0.3) is 11.4 Å². The summed E-state index contributed by atoms with van der Waals surface area (Å²) in [4.78, 5) is 31.9. The van der Waals surface area contributed by atoms with Crippen LogP contribution in [0.25, 0.3) is 0 Å². The summed E-state index contributed by atoms with van der Waals surface area (Å²) in [5, 5.41) is 21.5. The topological polar surface area (TPSA) is 122 Å². The van der Waals surface area contributed by atoms with E-state index in [0.717, 1.165) is 24.6 Å². The van der Waals surface area contributed by atoms with Crippen LogP contribution < -0.4 is 0 Å². The highest BCUT2D eigenvalue weighted by molar-refractivity contribution is 5.91. The summed E-state index contributed by atoms with van der Waals surface area (Å²) >= 11 is 0. The Morgan fingerprint density at radius 1 is 1.27 bits per heavy atom. The minimum atomic E-state index is -0.852. The number of benzene rings is 1. The number of ether oxygens (including phenoxy) is 2. The molecule has 1 aliphatic rings. The fourth-order valence-corrected chi connectivity index (χ4v) is 2.13. The molecular weight excluding hydrogens is 296 g/mol. The molecule has 1 aromatic rings. The molecule has 0 amide bonds. The second kappa shape index (κ2) is 6.48. The summed E-state index contributed by atoms with van der Waals surface area (Å²) in [5.74, 6) is -0.609. The summed E-state index contributed by atoms with van der Waals surface area (Å²) in [7, 11) is 0. The zero-order chi connectivity index (χ0) is 16.3. The lowest BCUT2D eigenvalue weighted by Gasteiger charge is -2.14. The standard InChI is InChI=1S/C13H14N2O7/c1-8-2-3-21-12(8)7-22-13(16)9-4-10(14(17)18)6-11(5-9)15(19)20/h4-6,8,12H,2-3,7H2,1H3/t8-,12-/m1/s1. The van der Waals surface area contributed by atoms with Crippen molar-refractivity contribution in [3.05, 3.63) is 44.0 Å². The maximum atomic E-state index is 11.9. The smallest absolute Gasteiger partial charge is 0.338 e. The molecule has 0 bridgehead atoms. The Labute approximate surface area is 125 Å². The first-order valence-electron chi connectivity index (χ1n) is 6.61. The monoisotopic (exact) mass is 310 g/mol. The van der Waals surface area contributed by atoms with Gasteiger partial charge in [-0.05, 0) is 12.3 Å². The van der Waals surface area contributed by atoms with Crippen LogP contribution in [-0.4, -0.2) is 35.1 Å². The fraction of sp³-hybridized carbons (Fsp3) is 0.462. The van der Waals surface area contributed by atoms with Gasteiger partial charge in [-0.2, -0.15) is 0 Å². The molecule has 2 rings (SSSR count). The largest absolute Gasteiger partial charge is 0.459 e. The molecule has 1 heterocycles. The number of esters is 1. The lowest BCUT2D eigenvalue weighted by molar-refractivity contribution is -0.394. The summed E-state index contributed by atoms with van der Waals surface area (Å²) in [6, 6.07) is 2.70. The van der Waals surface area contributed by atoms with Crippen LogP contribution >= 0.6 is 0 Å². The number of nitro groups is 2. The van der Waals surface area contributed by atoms with Crippen molar-refractivity contribution in [2.45, 2.75) is 19.4 Å². The first-order valence-corrected chi connectivity index (χ1v) is 6.61. The molecule has 1 aliphatic heterocycles. The predicted octanol–water partition coefficient (Wildman–Crippen LogP) is 2.08. The molecular formula is C13H14N2O7. The van der Waals surface area contributed by atoms with Crippen molar-refractivity contribution >= 4 is 17.3 Å². The number of nitrogens with zero attached hydrogens (tertiary/aromatic N) is 2. The first-order chi connectivity index (χ1) is 10.4. The molecule has 0 saturated carbocycles. The van der Waals surface area contributed by atoms with E-state index in [2.05, 4.69) is 0 Å². The molecule has 9 nitrogen and oxygen atoms in total. The van der Waals surface area contributed by atoms with E-state index in [4.69, 9.17) is 9.47 Å². The average molecular weight is 310 g/mol. The molecule has 2 atom stereocenters. The molecule has 0 aromatic heterocycles. The Bertz CT molecular complexity index is 584.